The first-order valence-electron chi connectivity index (χ1n) is 8.99. The van der Waals surface area contributed by atoms with Crippen LogP contribution in [0.2, 0.25) is 0 Å². The summed E-state index contributed by atoms with van der Waals surface area (Å²) in [6.07, 6.45) is 3.21. The van der Waals surface area contributed by atoms with Gasteiger partial charge in [0.25, 0.3) is 11.6 Å². The number of nitro benzene ring substituents is 1. The molecule has 0 aliphatic carbocycles. The number of anilines is 1. The van der Waals surface area contributed by atoms with Crippen molar-refractivity contribution >= 4 is 23.4 Å². The molecule has 0 unspecified atom stereocenters. The molecule has 0 atom stereocenters. The Kier molecular flexibility index (Phi) is 5.05. The maximum Gasteiger partial charge on any atom is 0.296 e. The molecule has 2 heterocycles. The van der Waals surface area contributed by atoms with Crippen molar-refractivity contribution < 1.29 is 23.9 Å². The zero-order chi connectivity index (χ0) is 21.1. The van der Waals surface area contributed by atoms with Gasteiger partial charge in [-0.25, -0.2) is 0 Å². The topological polar surface area (TPSA) is 124 Å². The summed E-state index contributed by atoms with van der Waals surface area (Å²) >= 11 is 0. The van der Waals surface area contributed by atoms with Crippen molar-refractivity contribution in [3.8, 4) is 23.3 Å². The Balaban J connectivity index is 1.61. The van der Waals surface area contributed by atoms with Crippen molar-refractivity contribution in [2.45, 2.75) is 0 Å². The van der Waals surface area contributed by atoms with Crippen molar-refractivity contribution in [1.29, 1.82) is 5.26 Å². The monoisotopic (exact) mass is 405 g/mol. The molecular weight excluding hydrogens is 390 g/mol. The first-order chi connectivity index (χ1) is 14.5. The fourth-order valence-electron chi connectivity index (χ4n) is 3.07. The van der Waals surface area contributed by atoms with Gasteiger partial charge in [0, 0.05) is 11.6 Å². The molecule has 30 heavy (non-hydrogen) atoms. The van der Waals surface area contributed by atoms with Crippen molar-refractivity contribution in [2.75, 3.05) is 25.1 Å². The second-order valence-electron chi connectivity index (χ2n) is 6.44. The standard InChI is InChI=1S/C21H15N3O6/c22-11-15(8-13-7-14-3-1-2-4-18(14)30-12-13)21(25)23-16-9-19-20(29-6-5-28-19)10-17(16)24(26)27/h1-4,7-10H,5-6,12H2,(H,23,25)/b15-8-. The maximum atomic E-state index is 12.6. The average molecular weight is 405 g/mol. The van der Waals surface area contributed by atoms with Crippen LogP contribution in [0.4, 0.5) is 11.4 Å². The number of carbonyl (C=O) groups excluding carboxylic acids is 1. The normalized spacial score (nSPS) is 14.5. The lowest BCUT2D eigenvalue weighted by atomic mass is 10.1. The summed E-state index contributed by atoms with van der Waals surface area (Å²) in [5.41, 5.74) is 0.786. The number of para-hydroxylation sites is 1. The molecule has 0 aromatic heterocycles. The van der Waals surface area contributed by atoms with E-state index in [0.29, 0.717) is 11.3 Å². The highest BCUT2D eigenvalue weighted by molar-refractivity contribution is 6.08. The number of nitrogens with one attached hydrogen (secondary N) is 1. The molecule has 2 aliphatic heterocycles. The Morgan fingerprint density at radius 1 is 1.13 bits per heavy atom. The fourth-order valence-corrected chi connectivity index (χ4v) is 3.07. The summed E-state index contributed by atoms with van der Waals surface area (Å²) in [7, 11) is 0. The number of nitro groups is 1. The van der Waals surface area contributed by atoms with Crippen molar-refractivity contribution in [3.63, 3.8) is 0 Å². The first-order valence-corrected chi connectivity index (χ1v) is 8.99. The van der Waals surface area contributed by atoms with E-state index in [1.165, 1.54) is 18.2 Å². The van der Waals surface area contributed by atoms with Crippen LogP contribution in [0.15, 0.2) is 53.6 Å². The maximum absolute atomic E-state index is 12.6. The number of nitrogens with zero attached hydrogens (tertiary/aromatic N) is 2. The number of amides is 1. The summed E-state index contributed by atoms with van der Waals surface area (Å²) in [5.74, 6) is 0.441. The van der Waals surface area contributed by atoms with Gasteiger partial charge in [0.1, 0.15) is 42.9 Å². The third-order valence-electron chi connectivity index (χ3n) is 4.45. The van der Waals surface area contributed by atoms with Crippen LogP contribution in [0.5, 0.6) is 17.2 Å². The summed E-state index contributed by atoms with van der Waals surface area (Å²) in [6.45, 7) is 0.758. The van der Waals surface area contributed by atoms with Crippen LogP contribution in [-0.4, -0.2) is 30.7 Å². The number of hydrogen-bond acceptors (Lipinski definition) is 7. The van der Waals surface area contributed by atoms with Gasteiger partial charge in [0.15, 0.2) is 11.5 Å². The molecule has 2 aromatic rings. The number of nitriles is 1. The number of rotatable bonds is 4. The zero-order valence-corrected chi connectivity index (χ0v) is 15.6. The third kappa shape index (κ3) is 3.79. The summed E-state index contributed by atoms with van der Waals surface area (Å²) in [4.78, 5) is 23.4. The van der Waals surface area contributed by atoms with Gasteiger partial charge < -0.3 is 19.5 Å². The molecule has 1 amide bonds. The smallest absolute Gasteiger partial charge is 0.296 e. The number of carbonyl (C=O) groups is 1. The van der Waals surface area contributed by atoms with Crippen LogP contribution in [0.3, 0.4) is 0 Å². The van der Waals surface area contributed by atoms with Crippen molar-refractivity contribution in [1.82, 2.24) is 0 Å². The van der Waals surface area contributed by atoms with Crippen LogP contribution in [0.25, 0.3) is 6.08 Å². The van der Waals surface area contributed by atoms with Gasteiger partial charge in [0.05, 0.1) is 11.0 Å². The van der Waals surface area contributed by atoms with Gasteiger partial charge in [0.2, 0.25) is 0 Å². The molecule has 0 fully saturated rings. The lowest BCUT2D eigenvalue weighted by Gasteiger charge is -2.19. The number of ether oxygens (including phenoxy) is 3. The minimum Gasteiger partial charge on any atom is -0.488 e. The highest BCUT2D eigenvalue weighted by atomic mass is 16.6. The molecule has 2 aliphatic rings. The van der Waals surface area contributed by atoms with E-state index in [2.05, 4.69) is 5.32 Å². The second-order valence-corrected chi connectivity index (χ2v) is 6.44. The number of benzene rings is 2. The fraction of sp³-hybridized carbons (Fsp3) is 0.143. The molecule has 0 radical (unpaired) electrons. The summed E-state index contributed by atoms with van der Waals surface area (Å²) in [6, 6.07) is 11.7. The Bertz CT molecular complexity index is 1150. The Labute approximate surface area is 170 Å². The molecular formula is C21H15N3O6. The molecule has 0 spiro atoms. The largest absolute Gasteiger partial charge is 0.488 e. The number of fused-ring (bicyclic) bond motifs is 2. The highest BCUT2D eigenvalue weighted by Crippen LogP contribution is 2.39. The molecule has 0 saturated heterocycles. The minimum absolute atomic E-state index is 0.0883. The van der Waals surface area contributed by atoms with Gasteiger partial charge in [-0.1, -0.05) is 18.2 Å². The van der Waals surface area contributed by atoms with E-state index in [0.717, 1.165) is 5.56 Å². The Morgan fingerprint density at radius 3 is 2.60 bits per heavy atom. The SMILES string of the molecule is N#C/C(=C/C1=Cc2ccccc2OC1)C(=O)Nc1cc2c(cc1[N+](=O)[O-])OCCO2. The zero-order valence-electron chi connectivity index (χ0n) is 15.6. The van der Waals surface area contributed by atoms with Gasteiger partial charge >= 0.3 is 0 Å². The van der Waals surface area contributed by atoms with Crippen molar-refractivity contribution in [3.05, 3.63) is 69.3 Å². The molecule has 4 rings (SSSR count). The predicted molar refractivity (Wildman–Crippen MR) is 106 cm³/mol. The van der Waals surface area contributed by atoms with E-state index in [1.807, 2.05) is 36.4 Å². The van der Waals surface area contributed by atoms with Gasteiger partial charge in [-0.15, -0.1) is 0 Å². The molecule has 1 N–H and O–H groups in total. The molecule has 9 nitrogen and oxygen atoms in total. The summed E-state index contributed by atoms with van der Waals surface area (Å²) in [5, 5.41) is 23.3. The van der Waals surface area contributed by atoms with E-state index in [9.17, 15) is 20.2 Å². The van der Waals surface area contributed by atoms with E-state index in [1.54, 1.807) is 0 Å². The van der Waals surface area contributed by atoms with E-state index in [-0.39, 0.29) is 48.3 Å². The molecule has 0 saturated carbocycles. The lowest BCUT2D eigenvalue weighted by molar-refractivity contribution is -0.384. The van der Waals surface area contributed by atoms with E-state index < -0.39 is 10.8 Å². The van der Waals surface area contributed by atoms with Gasteiger partial charge in [-0.3, -0.25) is 14.9 Å². The Hall–Kier alpha value is -4.32. The number of hydrogen-bond donors (Lipinski definition) is 1. The second kappa shape index (κ2) is 7.97. The first kappa shape index (κ1) is 19.0. The van der Waals surface area contributed by atoms with Gasteiger partial charge in [-0.05, 0) is 23.8 Å². The molecule has 0 bridgehead atoms. The third-order valence-corrected chi connectivity index (χ3v) is 4.45. The summed E-state index contributed by atoms with van der Waals surface area (Å²) < 4.78 is 16.4. The predicted octanol–water partition coefficient (Wildman–Crippen LogP) is 3.23. The van der Waals surface area contributed by atoms with E-state index in [4.69, 9.17) is 14.2 Å². The van der Waals surface area contributed by atoms with Crippen LogP contribution in [-0.2, 0) is 4.79 Å². The van der Waals surface area contributed by atoms with Gasteiger partial charge in [-0.2, -0.15) is 5.26 Å². The van der Waals surface area contributed by atoms with Crippen LogP contribution in [0, 0.1) is 21.4 Å². The molecule has 9 heteroatoms. The molecule has 2 aromatic carbocycles. The van der Waals surface area contributed by atoms with Crippen molar-refractivity contribution in [2.24, 2.45) is 0 Å². The average Bonchev–Trinajstić information content (AvgIpc) is 2.76. The quantitative estimate of drug-likeness (QED) is 0.358. The Morgan fingerprint density at radius 2 is 1.87 bits per heavy atom. The highest BCUT2D eigenvalue weighted by Gasteiger charge is 2.24. The van der Waals surface area contributed by atoms with Crippen LogP contribution in [0.1, 0.15) is 5.56 Å². The van der Waals surface area contributed by atoms with Crippen LogP contribution < -0.4 is 19.5 Å². The molecule has 150 valence electrons. The lowest BCUT2D eigenvalue weighted by Crippen LogP contribution is -2.18. The van der Waals surface area contributed by atoms with E-state index >= 15 is 0 Å². The van der Waals surface area contributed by atoms with Crippen LogP contribution >= 0.6 is 0 Å². The minimum atomic E-state index is -0.781.